The van der Waals surface area contributed by atoms with Crippen molar-refractivity contribution in [1.82, 2.24) is 15.8 Å². The molecule has 0 fully saturated rings. The predicted octanol–water partition coefficient (Wildman–Crippen LogP) is 0.411. The van der Waals surface area contributed by atoms with Crippen molar-refractivity contribution in [2.24, 2.45) is 0 Å². The fourth-order valence-electron chi connectivity index (χ4n) is 1.38. The highest BCUT2D eigenvalue weighted by Gasteiger charge is 2.08. The number of aryl methyl sites for hydroxylation is 2. The van der Waals surface area contributed by atoms with Crippen LogP contribution >= 0.6 is 0 Å². The van der Waals surface area contributed by atoms with E-state index in [1.165, 1.54) is 0 Å². The highest BCUT2D eigenvalue weighted by atomic mass is 16.5. The van der Waals surface area contributed by atoms with Gasteiger partial charge in [0.15, 0.2) is 0 Å². The van der Waals surface area contributed by atoms with E-state index in [1.54, 1.807) is 0 Å². The molecule has 17 heavy (non-hydrogen) atoms. The van der Waals surface area contributed by atoms with Crippen molar-refractivity contribution in [2.75, 3.05) is 13.1 Å². The minimum Gasteiger partial charge on any atom is -0.361 e. The summed E-state index contributed by atoms with van der Waals surface area (Å²) < 4.78 is 5.01. The molecule has 2 N–H and O–H groups in total. The third-order valence-corrected chi connectivity index (χ3v) is 2.33. The Morgan fingerprint density at radius 3 is 2.88 bits per heavy atom. The van der Waals surface area contributed by atoms with Crippen LogP contribution in [0.5, 0.6) is 0 Å². The molecule has 1 aromatic rings. The van der Waals surface area contributed by atoms with Gasteiger partial charge in [0.2, 0.25) is 5.91 Å². The number of rotatable bonds is 6. The molecule has 1 aromatic heterocycles. The molecule has 0 saturated heterocycles. The minimum absolute atomic E-state index is 0.119. The second-order valence-corrected chi connectivity index (χ2v) is 3.66. The molecule has 6 nitrogen and oxygen atoms in total. The van der Waals surface area contributed by atoms with Crippen molar-refractivity contribution < 1.29 is 9.32 Å². The van der Waals surface area contributed by atoms with E-state index >= 15 is 0 Å². The number of hydrogen-bond donors (Lipinski definition) is 2. The lowest BCUT2D eigenvalue weighted by Gasteiger charge is -2.04. The quantitative estimate of drug-likeness (QED) is 0.698. The average Bonchev–Trinajstić information content (AvgIpc) is 2.61. The lowest BCUT2D eigenvalue weighted by Crippen LogP contribution is -2.34. The topological polar surface area (TPSA) is 90.9 Å². The summed E-state index contributed by atoms with van der Waals surface area (Å²) >= 11 is 0. The van der Waals surface area contributed by atoms with Crippen LogP contribution in [0.3, 0.4) is 0 Å². The zero-order chi connectivity index (χ0) is 12.7. The Labute approximate surface area is 100.0 Å². The summed E-state index contributed by atoms with van der Waals surface area (Å²) in [6.07, 6.45) is 0.329. The number of aromatic nitrogens is 1. The van der Waals surface area contributed by atoms with Crippen molar-refractivity contribution in [2.45, 2.75) is 26.8 Å². The van der Waals surface area contributed by atoms with E-state index in [2.05, 4.69) is 15.8 Å². The largest absolute Gasteiger partial charge is 0.361 e. The standard InChI is InChI=1S/C11H16N4O2/c1-8-10(9(2)17-15-8)6-13-7-11(16)14-5-3-4-12/h13H,3,5-7H2,1-2H3,(H,14,16). The van der Waals surface area contributed by atoms with E-state index in [0.29, 0.717) is 19.5 Å². The first-order valence-electron chi connectivity index (χ1n) is 5.41. The second-order valence-electron chi connectivity index (χ2n) is 3.66. The lowest BCUT2D eigenvalue weighted by molar-refractivity contribution is -0.120. The van der Waals surface area contributed by atoms with Crippen molar-refractivity contribution in [1.29, 1.82) is 5.26 Å². The Kier molecular flexibility index (Phi) is 5.17. The summed E-state index contributed by atoms with van der Waals surface area (Å²) in [5.74, 6) is 0.645. The first-order chi connectivity index (χ1) is 8.15. The molecule has 0 aliphatic heterocycles. The first kappa shape index (κ1) is 13.2. The number of nitrogens with zero attached hydrogens (tertiary/aromatic N) is 2. The molecule has 1 rings (SSSR count). The molecule has 0 aliphatic carbocycles. The van der Waals surface area contributed by atoms with Crippen LogP contribution in [0.15, 0.2) is 4.52 Å². The van der Waals surface area contributed by atoms with Crippen molar-refractivity contribution in [3.8, 4) is 6.07 Å². The van der Waals surface area contributed by atoms with Crippen LogP contribution in [0.2, 0.25) is 0 Å². The van der Waals surface area contributed by atoms with E-state index in [9.17, 15) is 4.79 Å². The summed E-state index contributed by atoms with van der Waals surface area (Å²) in [5.41, 5.74) is 1.81. The second kappa shape index (κ2) is 6.66. The van der Waals surface area contributed by atoms with E-state index in [-0.39, 0.29) is 12.5 Å². The van der Waals surface area contributed by atoms with Crippen LogP contribution in [-0.2, 0) is 11.3 Å². The molecule has 0 aliphatic rings. The van der Waals surface area contributed by atoms with Gasteiger partial charge >= 0.3 is 0 Å². The molecule has 0 unspecified atom stereocenters. The molecular weight excluding hydrogens is 220 g/mol. The van der Waals surface area contributed by atoms with Crippen molar-refractivity contribution in [3.05, 3.63) is 17.0 Å². The fraction of sp³-hybridized carbons (Fsp3) is 0.545. The van der Waals surface area contributed by atoms with Gasteiger partial charge in [0.1, 0.15) is 5.76 Å². The van der Waals surface area contributed by atoms with Gasteiger partial charge in [-0.1, -0.05) is 5.16 Å². The maximum absolute atomic E-state index is 11.3. The molecule has 0 radical (unpaired) electrons. The SMILES string of the molecule is Cc1noc(C)c1CNCC(=O)NCCC#N. The molecule has 92 valence electrons. The Morgan fingerprint density at radius 2 is 2.29 bits per heavy atom. The van der Waals surface area contributed by atoms with E-state index < -0.39 is 0 Å². The van der Waals surface area contributed by atoms with Gasteiger partial charge in [-0.15, -0.1) is 0 Å². The maximum atomic E-state index is 11.3. The molecule has 1 heterocycles. The van der Waals surface area contributed by atoms with Crippen LogP contribution in [0.4, 0.5) is 0 Å². The number of hydrogen-bond acceptors (Lipinski definition) is 5. The molecule has 0 atom stereocenters. The highest BCUT2D eigenvalue weighted by molar-refractivity contribution is 5.77. The number of carbonyl (C=O) groups excluding carboxylic acids is 1. The Balaban J connectivity index is 2.24. The smallest absolute Gasteiger partial charge is 0.234 e. The van der Waals surface area contributed by atoms with Crippen LogP contribution < -0.4 is 10.6 Å². The van der Waals surface area contributed by atoms with Gasteiger partial charge in [-0.3, -0.25) is 4.79 Å². The van der Waals surface area contributed by atoms with Crippen LogP contribution in [0, 0.1) is 25.2 Å². The molecule has 0 spiro atoms. The number of carbonyl (C=O) groups is 1. The zero-order valence-electron chi connectivity index (χ0n) is 10.0. The number of nitrogens with one attached hydrogen (secondary N) is 2. The summed E-state index contributed by atoms with van der Waals surface area (Å²) in [5, 5.41) is 17.8. The lowest BCUT2D eigenvalue weighted by atomic mass is 10.2. The Bertz CT molecular complexity index is 400. The third kappa shape index (κ3) is 4.25. The minimum atomic E-state index is -0.119. The van der Waals surface area contributed by atoms with Gasteiger partial charge in [0.05, 0.1) is 24.7 Å². The molecule has 0 saturated carbocycles. The highest BCUT2D eigenvalue weighted by Crippen LogP contribution is 2.10. The molecule has 6 heteroatoms. The maximum Gasteiger partial charge on any atom is 0.234 e. The van der Waals surface area contributed by atoms with Gasteiger partial charge in [-0.2, -0.15) is 5.26 Å². The van der Waals surface area contributed by atoms with Gasteiger partial charge in [-0.05, 0) is 13.8 Å². The Morgan fingerprint density at radius 1 is 1.53 bits per heavy atom. The molecule has 0 aromatic carbocycles. The van der Waals surface area contributed by atoms with E-state index in [1.807, 2.05) is 19.9 Å². The zero-order valence-corrected chi connectivity index (χ0v) is 10.0. The summed E-state index contributed by atoms with van der Waals surface area (Å²) in [7, 11) is 0. The van der Waals surface area contributed by atoms with Gasteiger partial charge in [0.25, 0.3) is 0 Å². The monoisotopic (exact) mass is 236 g/mol. The third-order valence-electron chi connectivity index (χ3n) is 2.33. The average molecular weight is 236 g/mol. The summed E-state index contributed by atoms with van der Waals surface area (Å²) in [6.45, 7) is 4.86. The number of nitriles is 1. The molecule has 0 bridgehead atoms. The van der Waals surface area contributed by atoms with E-state index in [0.717, 1.165) is 17.0 Å². The Hall–Kier alpha value is -1.87. The van der Waals surface area contributed by atoms with Crippen LogP contribution in [0.25, 0.3) is 0 Å². The fourth-order valence-corrected chi connectivity index (χ4v) is 1.38. The van der Waals surface area contributed by atoms with Crippen molar-refractivity contribution >= 4 is 5.91 Å². The van der Waals surface area contributed by atoms with Gasteiger partial charge < -0.3 is 15.2 Å². The molecular formula is C11H16N4O2. The number of amides is 1. The van der Waals surface area contributed by atoms with Gasteiger partial charge in [0, 0.05) is 18.7 Å². The molecule has 1 amide bonds. The first-order valence-corrected chi connectivity index (χ1v) is 5.41. The van der Waals surface area contributed by atoms with Gasteiger partial charge in [-0.25, -0.2) is 0 Å². The van der Waals surface area contributed by atoms with Crippen LogP contribution in [-0.4, -0.2) is 24.2 Å². The van der Waals surface area contributed by atoms with E-state index in [4.69, 9.17) is 9.78 Å². The summed E-state index contributed by atoms with van der Waals surface area (Å²) in [4.78, 5) is 11.3. The van der Waals surface area contributed by atoms with Crippen molar-refractivity contribution in [3.63, 3.8) is 0 Å². The predicted molar refractivity (Wildman–Crippen MR) is 60.9 cm³/mol. The van der Waals surface area contributed by atoms with Crippen LogP contribution in [0.1, 0.15) is 23.4 Å². The summed E-state index contributed by atoms with van der Waals surface area (Å²) in [6, 6.07) is 1.96. The normalized spacial score (nSPS) is 9.94.